The number of carbonyl (C=O) groups is 1. The lowest BCUT2D eigenvalue weighted by Crippen LogP contribution is -2.33. The van der Waals surface area contributed by atoms with Crippen LogP contribution in [0, 0.1) is 6.92 Å². The Labute approximate surface area is 205 Å². The predicted octanol–water partition coefficient (Wildman–Crippen LogP) is 3.53. The minimum atomic E-state index is -0.768. The first-order valence-electron chi connectivity index (χ1n) is 11.4. The van der Waals surface area contributed by atoms with Gasteiger partial charge in [-0.2, -0.15) is 14.6 Å². The second kappa shape index (κ2) is 8.66. The summed E-state index contributed by atoms with van der Waals surface area (Å²) in [4.78, 5) is 22.7. The summed E-state index contributed by atoms with van der Waals surface area (Å²) in [5.74, 6) is 0.794. The monoisotopic (exact) mass is 478 g/mol. The Morgan fingerprint density at radius 2 is 1.92 bits per heavy atom. The molecule has 1 unspecified atom stereocenters. The topological polar surface area (TPSA) is 129 Å². The van der Waals surface area contributed by atoms with Crippen LogP contribution in [-0.4, -0.2) is 35.3 Å². The molecule has 36 heavy (non-hydrogen) atoms. The second-order valence-electron chi connectivity index (χ2n) is 8.46. The fourth-order valence-corrected chi connectivity index (χ4v) is 4.27. The summed E-state index contributed by atoms with van der Waals surface area (Å²) in [5, 5.41) is 12.6. The van der Waals surface area contributed by atoms with Crippen LogP contribution < -0.4 is 11.1 Å². The first-order valence-corrected chi connectivity index (χ1v) is 11.4. The predicted molar refractivity (Wildman–Crippen MR) is 134 cm³/mol. The number of carbonyl (C=O) groups excluding carboxylic acids is 1. The van der Waals surface area contributed by atoms with E-state index >= 15 is 0 Å². The number of hydrogen-bond donors (Lipinski definition) is 2. The lowest BCUT2D eigenvalue weighted by atomic mass is 10.1. The Morgan fingerprint density at radius 1 is 1.06 bits per heavy atom. The van der Waals surface area contributed by atoms with Gasteiger partial charge in [0, 0.05) is 6.54 Å². The Morgan fingerprint density at radius 3 is 2.69 bits per heavy atom. The molecule has 0 aliphatic heterocycles. The van der Waals surface area contributed by atoms with Crippen molar-refractivity contribution in [2.45, 2.75) is 19.5 Å². The molecule has 10 heteroatoms. The maximum absolute atomic E-state index is 13.6. The van der Waals surface area contributed by atoms with Gasteiger partial charge in [-0.25, -0.2) is 9.67 Å². The molecule has 2 aromatic carbocycles. The van der Waals surface area contributed by atoms with Crippen LogP contribution in [0.15, 0.2) is 83.6 Å². The van der Waals surface area contributed by atoms with Crippen molar-refractivity contribution in [1.82, 2.24) is 34.7 Å². The molecule has 3 N–H and O–H groups in total. The van der Waals surface area contributed by atoms with E-state index in [1.165, 1.54) is 4.52 Å². The highest BCUT2D eigenvalue weighted by atomic mass is 16.3. The van der Waals surface area contributed by atoms with E-state index in [0.717, 1.165) is 16.7 Å². The summed E-state index contributed by atoms with van der Waals surface area (Å²) < 4.78 is 8.45. The standard InChI is InChI=1S/C26H22N8O2/c1-16-7-5-8-17(13-16)14-28-25(35)21(18-9-3-2-4-10-18)33-24-19(15-29-33)23-30-22(20-11-6-12-36-20)32-34(23)26(27)31-24/h2-13,15,21H,14H2,1H3,(H2,27,31)(H,28,35). The summed E-state index contributed by atoms with van der Waals surface area (Å²) in [7, 11) is 0. The lowest BCUT2D eigenvalue weighted by Gasteiger charge is -2.19. The van der Waals surface area contributed by atoms with Crippen LogP contribution in [0.2, 0.25) is 0 Å². The van der Waals surface area contributed by atoms with Crippen LogP contribution in [0.3, 0.4) is 0 Å². The third-order valence-electron chi connectivity index (χ3n) is 5.95. The van der Waals surface area contributed by atoms with E-state index in [9.17, 15) is 4.79 Å². The third-order valence-corrected chi connectivity index (χ3v) is 5.95. The Bertz CT molecular complexity index is 1690. The molecule has 0 radical (unpaired) electrons. The van der Waals surface area contributed by atoms with Gasteiger partial charge in [0.1, 0.15) is 0 Å². The summed E-state index contributed by atoms with van der Waals surface area (Å²) in [5.41, 5.74) is 10.1. The zero-order valence-electron chi connectivity index (χ0n) is 19.4. The van der Waals surface area contributed by atoms with Gasteiger partial charge in [-0.15, -0.1) is 5.10 Å². The molecule has 0 aliphatic rings. The van der Waals surface area contributed by atoms with Crippen LogP contribution in [-0.2, 0) is 11.3 Å². The Kier molecular flexibility index (Phi) is 5.18. The van der Waals surface area contributed by atoms with Crippen LogP contribution in [0.1, 0.15) is 22.7 Å². The molecule has 0 saturated heterocycles. The van der Waals surface area contributed by atoms with Gasteiger partial charge in [-0.05, 0) is 30.2 Å². The smallest absolute Gasteiger partial charge is 0.249 e. The van der Waals surface area contributed by atoms with Crippen LogP contribution in [0.5, 0.6) is 0 Å². The number of aromatic nitrogens is 6. The zero-order chi connectivity index (χ0) is 24.6. The van der Waals surface area contributed by atoms with E-state index in [4.69, 9.17) is 10.2 Å². The number of nitrogens with two attached hydrogens (primary N) is 1. The molecular weight excluding hydrogens is 456 g/mol. The zero-order valence-corrected chi connectivity index (χ0v) is 19.4. The van der Waals surface area contributed by atoms with Crippen LogP contribution in [0.4, 0.5) is 5.95 Å². The number of nitrogen functional groups attached to an aromatic ring is 1. The van der Waals surface area contributed by atoms with Crippen molar-refractivity contribution in [2.75, 3.05) is 5.73 Å². The van der Waals surface area contributed by atoms with Crippen molar-refractivity contribution in [3.8, 4) is 11.6 Å². The first kappa shape index (κ1) is 21.5. The Balaban J connectivity index is 1.43. The number of aryl methyl sites for hydroxylation is 1. The van der Waals surface area contributed by atoms with Gasteiger partial charge >= 0.3 is 0 Å². The van der Waals surface area contributed by atoms with Crippen LogP contribution >= 0.6 is 0 Å². The van der Waals surface area contributed by atoms with Crippen molar-refractivity contribution in [2.24, 2.45) is 0 Å². The first-order chi connectivity index (χ1) is 17.6. The van der Waals surface area contributed by atoms with Gasteiger partial charge in [0.2, 0.25) is 17.7 Å². The van der Waals surface area contributed by atoms with Crippen molar-refractivity contribution < 1.29 is 9.21 Å². The fourth-order valence-electron chi connectivity index (χ4n) is 4.27. The third kappa shape index (κ3) is 3.74. The van der Waals surface area contributed by atoms with Gasteiger partial charge < -0.3 is 15.5 Å². The molecule has 1 amide bonds. The number of hydrogen-bond acceptors (Lipinski definition) is 7. The molecule has 4 heterocycles. The summed E-state index contributed by atoms with van der Waals surface area (Å²) in [6.45, 7) is 2.41. The van der Waals surface area contributed by atoms with Gasteiger partial charge in [0.25, 0.3) is 0 Å². The van der Waals surface area contributed by atoms with Crippen molar-refractivity contribution in [3.63, 3.8) is 0 Å². The number of fused-ring (bicyclic) bond motifs is 3. The largest absolute Gasteiger partial charge is 0.461 e. The SMILES string of the molecule is Cc1cccc(CNC(=O)C(c2ccccc2)n2ncc3c2nc(N)n2nc(-c4ccco4)nc32)c1. The molecule has 0 spiro atoms. The van der Waals surface area contributed by atoms with Crippen molar-refractivity contribution >= 4 is 28.5 Å². The van der Waals surface area contributed by atoms with E-state index in [0.29, 0.717) is 34.8 Å². The highest BCUT2D eigenvalue weighted by Crippen LogP contribution is 2.27. The normalized spacial score (nSPS) is 12.2. The van der Waals surface area contributed by atoms with Gasteiger partial charge in [0.15, 0.2) is 23.1 Å². The highest BCUT2D eigenvalue weighted by Gasteiger charge is 2.27. The molecular formula is C26H22N8O2. The molecule has 0 saturated carbocycles. The molecule has 4 aromatic heterocycles. The number of nitrogens with one attached hydrogen (secondary N) is 1. The number of furan rings is 1. The van der Waals surface area contributed by atoms with E-state index in [1.807, 2.05) is 61.5 Å². The van der Waals surface area contributed by atoms with Crippen molar-refractivity contribution in [1.29, 1.82) is 0 Å². The number of amides is 1. The summed E-state index contributed by atoms with van der Waals surface area (Å²) >= 11 is 0. The molecule has 0 fully saturated rings. The quantitative estimate of drug-likeness (QED) is 0.375. The average Bonchev–Trinajstić information content (AvgIpc) is 3.64. The number of benzene rings is 2. The molecule has 6 rings (SSSR count). The van der Waals surface area contributed by atoms with E-state index in [-0.39, 0.29) is 11.9 Å². The van der Waals surface area contributed by atoms with Crippen molar-refractivity contribution in [3.05, 3.63) is 95.9 Å². The number of anilines is 1. The molecule has 1 atom stereocenters. The average molecular weight is 479 g/mol. The van der Waals surface area contributed by atoms with Gasteiger partial charge in [-0.1, -0.05) is 60.2 Å². The van der Waals surface area contributed by atoms with E-state index in [1.54, 1.807) is 29.3 Å². The summed E-state index contributed by atoms with van der Waals surface area (Å²) in [6.07, 6.45) is 3.18. The van der Waals surface area contributed by atoms with Crippen LogP contribution in [0.25, 0.3) is 28.3 Å². The Hall–Kier alpha value is -4.99. The molecule has 178 valence electrons. The minimum absolute atomic E-state index is 0.122. The fraction of sp³-hybridized carbons (Fsp3) is 0.115. The van der Waals surface area contributed by atoms with Gasteiger partial charge in [-0.3, -0.25) is 4.79 Å². The molecule has 6 aromatic rings. The van der Waals surface area contributed by atoms with Gasteiger partial charge in [0.05, 0.1) is 17.8 Å². The number of nitrogens with zero attached hydrogens (tertiary/aromatic N) is 6. The van der Waals surface area contributed by atoms with E-state index < -0.39 is 6.04 Å². The second-order valence-corrected chi connectivity index (χ2v) is 8.46. The molecule has 0 aliphatic carbocycles. The minimum Gasteiger partial charge on any atom is -0.461 e. The summed E-state index contributed by atoms with van der Waals surface area (Å²) in [6, 6.07) is 20.2. The maximum Gasteiger partial charge on any atom is 0.249 e. The lowest BCUT2D eigenvalue weighted by molar-refractivity contribution is -0.123. The number of rotatable bonds is 6. The maximum atomic E-state index is 13.6. The van der Waals surface area contributed by atoms with E-state index in [2.05, 4.69) is 25.5 Å². The highest BCUT2D eigenvalue weighted by molar-refractivity contribution is 5.92. The molecule has 10 nitrogen and oxygen atoms in total. The molecule has 0 bridgehead atoms.